The molecule has 1 fully saturated rings. The van der Waals surface area contributed by atoms with Crippen LogP contribution in [0.5, 0.6) is 0 Å². The van der Waals surface area contributed by atoms with Crippen LogP contribution in [0.3, 0.4) is 0 Å². The number of hydrogen-bond donors (Lipinski definition) is 2. The van der Waals surface area contributed by atoms with Crippen molar-refractivity contribution < 1.29 is 9.53 Å². The summed E-state index contributed by atoms with van der Waals surface area (Å²) in [6.45, 7) is 4.37. The molecule has 2 aromatic rings. The molecule has 1 saturated heterocycles. The van der Waals surface area contributed by atoms with Gasteiger partial charge in [-0.05, 0) is 23.8 Å². The van der Waals surface area contributed by atoms with E-state index < -0.39 is 0 Å². The van der Waals surface area contributed by atoms with Crippen LogP contribution < -0.4 is 11.3 Å². The molecule has 2 aromatic carbocycles. The number of benzene rings is 2. The van der Waals surface area contributed by atoms with E-state index in [2.05, 4.69) is 49.4 Å². The first kappa shape index (κ1) is 21.0. The predicted molar refractivity (Wildman–Crippen MR) is 120 cm³/mol. The van der Waals surface area contributed by atoms with Crippen LogP contribution in [0.15, 0.2) is 58.0 Å². The average molecular weight is 472 g/mol. The van der Waals surface area contributed by atoms with E-state index in [1.54, 1.807) is 0 Å². The second kappa shape index (κ2) is 9.70. The van der Waals surface area contributed by atoms with Gasteiger partial charge in [-0.2, -0.15) is 0 Å². The molecule has 8 heteroatoms. The molecule has 158 valence electrons. The Morgan fingerprint density at radius 1 is 1.20 bits per heavy atom. The number of nitrogens with two attached hydrogens (primary N) is 1. The summed E-state index contributed by atoms with van der Waals surface area (Å²) >= 11 is 3.59. The van der Waals surface area contributed by atoms with Crippen molar-refractivity contribution in [3.63, 3.8) is 0 Å². The highest BCUT2D eigenvalue weighted by molar-refractivity contribution is 9.10. The lowest BCUT2D eigenvalue weighted by Gasteiger charge is -2.39. The third-order valence-electron chi connectivity index (χ3n) is 5.52. The van der Waals surface area contributed by atoms with Crippen molar-refractivity contribution in [3.8, 4) is 0 Å². The third kappa shape index (κ3) is 4.73. The number of halogens is 1. The molecule has 2 aliphatic rings. The fourth-order valence-corrected chi connectivity index (χ4v) is 4.41. The minimum absolute atomic E-state index is 0.117. The van der Waals surface area contributed by atoms with Crippen LogP contribution in [0.1, 0.15) is 23.6 Å². The summed E-state index contributed by atoms with van der Waals surface area (Å²) in [5.41, 5.74) is 5.39. The van der Waals surface area contributed by atoms with E-state index in [1.165, 1.54) is 0 Å². The monoisotopic (exact) mass is 471 g/mol. The van der Waals surface area contributed by atoms with E-state index >= 15 is 0 Å². The lowest BCUT2D eigenvalue weighted by molar-refractivity contribution is -0.121. The first-order valence-corrected chi connectivity index (χ1v) is 10.9. The van der Waals surface area contributed by atoms with Crippen molar-refractivity contribution in [1.82, 2.24) is 15.2 Å². The number of hydrazine groups is 1. The number of carbonyl (C=O) groups excluding carboxylic acids is 1. The van der Waals surface area contributed by atoms with Gasteiger partial charge in [0.05, 0.1) is 24.9 Å². The molecule has 0 saturated carbocycles. The molecule has 2 aliphatic heterocycles. The van der Waals surface area contributed by atoms with E-state index in [9.17, 15) is 4.79 Å². The van der Waals surface area contributed by atoms with E-state index in [0.29, 0.717) is 0 Å². The third-order valence-corrected chi connectivity index (χ3v) is 6.02. The molecule has 0 radical (unpaired) electrons. The summed E-state index contributed by atoms with van der Waals surface area (Å²) in [5, 5.41) is 0. The molecule has 4 rings (SSSR count). The van der Waals surface area contributed by atoms with Crippen LogP contribution in [0.25, 0.3) is 0 Å². The first-order chi connectivity index (χ1) is 14.7. The maximum Gasteiger partial charge on any atom is 0.253 e. The molecule has 1 unspecified atom stereocenters. The van der Waals surface area contributed by atoms with Gasteiger partial charge in [0.2, 0.25) is 0 Å². The Kier molecular flexibility index (Phi) is 6.79. The summed E-state index contributed by atoms with van der Waals surface area (Å²) in [6.07, 6.45) is 0.747. The quantitative estimate of drug-likeness (QED) is 0.384. The predicted octanol–water partition coefficient (Wildman–Crippen LogP) is 2.60. The highest BCUT2D eigenvalue weighted by atomic mass is 79.9. The number of amides is 1. The Hall–Kier alpha value is -2.26. The number of nitrogens with one attached hydrogen (secondary N) is 1. The number of aliphatic imine (C=N–C) groups is 1. The zero-order chi connectivity index (χ0) is 20.9. The summed E-state index contributed by atoms with van der Waals surface area (Å²) in [7, 11) is 0. The molecule has 3 N–H and O–H groups in total. The summed E-state index contributed by atoms with van der Waals surface area (Å²) in [6, 6.07) is 16.2. The normalized spacial score (nSPS) is 19.2. The van der Waals surface area contributed by atoms with Crippen molar-refractivity contribution in [1.29, 1.82) is 0 Å². The number of fused-ring (bicyclic) bond motifs is 1. The van der Waals surface area contributed by atoms with E-state index in [4.69, 9.17) is 15.6 Å². The van der Waals surface area contributed by atoms with Gasteiger partial charge in [-0.1, -0.05) is 46.3 Å². The van der Waals surface area contributed by atoms with E-state index in [1.807, 2.05) is 30.3 Å². The van der Waals surface area contributed by atoms with Crippen molar-refractivity contribution in [2.75, 3.05) is 39.4 Å². The number of ether oxygens (including phenoxy) is 1. The molecule has 1 atom stereocenters. The van der Waals surface area contributed by atoms with Gasteiger partial charge in [0.25, 0.3) is 5.91 Å². The molecule has 0 bridgehead atoms. The number of nitrogens with zero attached hydrogens (tertiary/aromatic N) is 3. The van der Waals surface area contributed by atoms with Gasteiger partial charge in [0, 0.05) is 36.1 Å². The molecule has 2 heterocycles. The first-order valence-electron chi connectivity index (χ1n) is 10.1. The lowest BCUT2D eigenvalue weighted by atomic mass is 9.93. The molecule has 30 heavy (non-hydrogen) atoms. The zero-order valence-corrected chi connectivity index (χ0v) is 18.3. The molecule has 7 nitrogen and oxygen atoms in total. The van der Waals surface area contributed by atoms with Crippen LogP contribution in [0, 0.1) is 0 Å². The Balaban J connectivity index is 1.71. The number of carbonyl (C=O) groups is 1. The Bertz CT molecular complexity index is 915. The van der Waals surface area contributed by atoms with Gasteiger partial charge >= 0.3 is 0 Å². The molecule has 1 amide bonds. The fraction of sp³-hybridized carbons (Fsp3) is 0.364. The molecular formula is C22H26BrN5O2. The van der Waals surface area contributed by atoms with Crippen molar-refractivity contribution in [3.05, 3.63) is 64.1 Å². The minimum Gasteiger partial charge on any atom is -0.379 e. The maximum atomic E-state index is 12.3. The van der Waals surface area contributed by atoms with Gasteiger partial charge in [-0.15, -0.1) is 0 Å². The summed E-state index contributed by atoms with van der Waals surface area (Å²) < 4.78 is 6.44. The second-order valence-corrected chi connectivity index (χ2v) is 8.36. The highest BCUT2D eigenvalue weighted by Crippen LogP contribution is 2.40. The van der Waals surface area contributed by atoms with Crippen LogP contribution in [0.2, 0.25) is 0 Å². The second-order valence-electron chi connectivity index (χ2n) is 7.44. The number of hydrogen-bond acceptors (Lipinski definition) is 6. The van der Waals surface area contributed by atoms with Gasteiger partial charge in [0.1, 0.15) is 12.4 Å². The largest absolute Gasteiger partial charge is 0.379 e. The zero-order valence-electron chi connectivity index (χ0n) is 16.8. The molecule has 0 aliphatic carbocycles. The van der Waals surface area contributed by atoms with Crippen LogP contribution in [0.4, 0.5) is 5.69 Å². The van der Waals surface area contributed by atoms with Gasteiger partial charge in [-0.25, -0.2) is 10.8 Å². The summed E-state index contributed by atoms with van der Waals surface area (Å²) in [4.78, 5) is 21.7. The Labute approximate surface area is 185 Å². The SMILES string of the molecule is NNC(=O)CN1C(CCN2CCOCC2)=Nc2ccc(Br)cc2C1c1ccccc1. The highest BCUT2D eigenvalue weighted by Gasteiger charge is 2.32. The molecular weight excluding hydrogens is 446 g/mol. The minimum atomic E-state index is -0.242. The van der Waals surface area contributed by atoms with Crippen molar-refractivity contribution >= 4 is 33.4 Å². The van der Waals surface area contributed by atoms with Gasteiger partial charge in [0.15, 0.2) is 0 Å². The fourth-order valence-electron chi connectivity index (χ4n) is 4.03. The standard InChI is InChI=1S/C22H26BrN5O2/c23-17-6-7-19-18(14-17)22(16-4-2-1-3-5-16)28(15-21(29)26-24)20(25-19)8-9-27-10-12-30-13-11-27/h1-7,14,22H,8-13,15,24H2,(H,26,29). The van der Waals surface area contributed by atoms with Crippen molar-refractivity contribution in [2.45, 2.75) is 12.5 Å². The topological polar surface area (TPSA) is 83.2 Å². The van der Waals surface area contributed by atoms with Gasteiger partial charge < -0.3 is 9.64 Å². The maximum absolute atomic E-state index is 12.3. The smallest absolute Gasteiger partial charge is 0.253 e. The van der Waals surface area contributed by atoms with Gasteiger partial charge in [-0.3, -0.25) is 15.1 Å². The molecule has 0 aromatic heterocycles. The summed E-state index contributed by atoms with van der Waals surface area (Å²) in [5.74, 6) is 6.09. The Morgan fingerprint density at radius 3 is 2.70 bits per heavy atom. The lowest BCUT2D eigenvalue weighted by Crippen LogP contribution is -2.47. The van der Waals surface area contributed by atoms with Crippen LogP contribution in [-0.4, -0.2) is 60.9 Å². The van der Waals surface area contributed by atoms with E-state index in [0.717, 1.165) is 66.4 Å². The number of morpholine rings is 1. The number of rotatable bonds is 6. The van der Waals surface area contributed by atoms with Crippen LogP contribution >= 0.6 is 15.9 Å². The van der Waals surface area contributed by atoms with Crippen molar-refractivity contribution in [2.24, 2.45) is 10.8 Å². The Morgan fingerprint density at radius 2 is 1.97 bits per heavy atom. The van der Waals surface area contributed by atoms with E-state index in [-0.39, 0.29) is 18.5 Å². The van der Waals surface area contributed by atoms with Crippen LogP contribution in [-0.2, 0) is 9.53 Å². The average Bonchev–Trinajstić information content (AvgIpc) is 2.79. The number of amidine groups is 1. The molecule has 0 spiro atoms.